The van der Waals surface area contributed by atoms with Gasteiger partial charge in [-0.05, 0) is 30.4 Å². The molecule has 0 fully saturated rings. The normalized spacial score (nSPS) is 16.8. The SMILES string of the molecule is CC1(C)CCc2nn(-c3ccc(Cl)nn3)c(N)c21. The molecule has 1 aliphatic carbocycles. The van der Waals surface area contributed by atoms with E-state index in [0.717, 1.165) is 24.1 Å². The number of anilines is 1. The molecule has 0 aliphatic heterocycles. The second-order valence-corrected chi connectivity index (χ2v) is 5.60. The zero-order valence-electron chi connectivity index (χ0n) is 10.3. The molecule has 2 heterocycles. The molecule has 0 unspecified atom stereocenters. The third-order valence-electron chi connectivity index (χ3n) is 3.49. The third kappa shape index (κ3) is 1.58. The second kappa shape index (κ2) is 3.68. The summed E-state index contributed by atoms with van der Waals surface area (Å²) in [4.78, 5) is 0. The number of nitrogen functional groups attached to an aromatic ring is 1. The van der Waals surface area contributed by atoms with Crippen molar-refractivity contribution in [2.75, 3.05) is 5.73 Å². The maximum absolute atomic E-state index is 6.20. The number of halogens is 1. The predicted octanol–water partition coefficient (Wildman–Crippen LogP) is 2.12. The molecule has 0 amide bonds. The molecule has 5 nitrogen and oxygen atoms in total. The molecule has 2 aromatic heterocycles. The van der Waals surface area contributed by atoms with Crippen LogP contribution in [0.5, 0.6) is 0 Å². The van der Waals surface area contributed by atoms with Gasteiger partial charge in [-0.3, -0.25) is 0 Å². The van der Waals surface area contributed by atoms with Gasteiger partial charge >= 0.3 is 0 Å². The average Bonchev–Trinajstić information content (AvgIpc) is 2.80. The van der Waals surface area contributed by atoms with E-state index in [0.29, 0.717) is 16.8 Å². The quantitative estimate of drug-likeness (QED) is 0.856. The van der Waals surface area contributed by atoms with E-state index in [2.05, 4.69) is 29.1 Å². The van der Waals surface area contributed by atoms with E-state index in [9.17, 15) is 0 Å². The molecule has 0 bridgehead atoms. The van der Waals surface area contributed by atoms with Crippen molar-refractivity contribution in [3.05, 3.63) is 28.5 Å². The first-order valence-electron chi connectivity index (χ1n) is 5.86. The Bertz CT molecular complexity index is 600. The van der Waals surface area contributed by atoms with Crippen LogP contribution in [0.4, 0.5) is 5.82 Å². The molecule has 2 N–H and O–H groups in total. The van der Waals surface area contributed by atoms with Gasteiger partial charge in [-0.25, -0.2) is 0 Å². The topological polar surface area (TPSA) is 69.6 Å². The van der Waals surface area contributed by atoms with Gasteiger partial charge in [0.25, 0.3) is 0 Å². The lowest BCUT2D eigenvalue weighted by molar-refractivity contribution is 0.519. The minimum absolute atomic E-state index is 0.0809. The molecule has 6 heteroatoms. The van der Waals surface area contributed by atoms with E-state index in [-0.39, 0.29) is 5.41 Å². The molecule has 1 aliphatic rings. The Morgan fingerprint density at radius 3 is 2.72 bits per heavy atom. The van der Waals surface area contributed by atoms with Gasteiger partial charge < -0.3 is 5.73 Å². The standard InChI is InChI=1S/C12H14ClN5/c1-12(2)6-5-7-10(12)11(14)18(17-7)9-4-3-8(13)15-16-9/h3-4H,5-6,14H2,1-2H3. The van der Waals surface area contributed by atoms with E-state index in [1.165, 1.54) is 0 Å². The lowest BCUT2D eigenvalue weighted by Crippen LogP contribution is -2.15. The Labute approximate surface area is 110 Å². The highest BCUT2D eigenvalue weighted by Gasteiger charge is 2.36. The van der Waals surface area contributed by atoms with Crippen LogP contribution in [0.1, 0.15) is 31.5 Å². The summed E-state index contributed by atoms with van der Waals surface area (Å²) >= 11 is 5.72. The smallest absolute Gasteiger partial charge is 0.178 e. The average molecular weight is 264 g/mol. The van der Waals surface area contributed by atoms with Crippen LogP contribution >= 0.6 is 11.6 Å². The molecular formula is C12H14ClN5. The van der Waals surface area contributed by atoms with Crippen molar-refractivity contribution in [1.82, 2.24) is 20.0 Å². The maximum atomic E-state index is 6.20. The monoisotopic (exact) mass is 263 g/mol. The van der Waals surface area contributed by atoms with E-state index in [4.69, 9.17) is 17.3 Å². The summed E-state index contributed by atoms with van der Waals surface area (Å²) in [5, 5.41) is 12.7. The van der Waals surface area contributed by atoms with Gasteiger partial charge in [-0.2, -0.15) is 9.78 Å². The number of rotatable bonds is 1. The molecular weight excluding hydrogens is 250 g/mol. The number of hydrogen-bond acceptors (Lipinski definition) is 4. The van der Waals surface area contributed by atoms with Crippen molar-refractivity contribution in [1.29, 1.82) is 0 Å². The van der Waals surface area contributed by atoms with Gasteiger partial charge in [-0.1, -0.05) is 25.4 Å². The van der Waals surface area contributed by atoms with Crippen molar-refractivity contribution in [2.24, 2.45) is 0 Å². The highest BCUT2D eigenvalue weighted by atomic mass is 35.5. The summed E-state index contributed by atoms with van der Waals surface area (Å²) in [6.07, 6.45) is 2.04. The Balaban J connectivity index is 2.13. The van der Waals surface area contributed by atoms with Gasteiger partial charge in [0, 0.05) is 5.56 Å². The van der Waals surface area contributed by atoms with E-state index < -0.39 is 0 Å². The molecule has 3 rings (SSSR count). The Morgan fingerprint density at radius 2 is 2.11 bits per heavy atom. The first-order chi connectivity index (χ1) is 8.49. The second-order valence-electron chi connectivity index (χ2n) is 5.22. The minimum atomic E-state index is 0.0809. The molecule has 18 heavy (non-hydrogen) atoms. The number of aromatic nitrogens is 4. The zero-order valence-corrected chi connectivity index (χ0v) is 11.1. The molecule has 2 aromatic rings. The number of nitrogens with zero attached hydrogens (tertiary/aromatic N) is 4. The zero-order chi connectivity index (χ0) is 12.9. The maximum Gasteiger partial charge on any atom is 0.178 e. The minimum Gasteiger partial charge on any atom is -0.383 e. The predicted molar refractivity (Wildman–Crippen MR) is 69.9 cm³/mol. The summed E-state index contributed by atoms with van der Waals surface area (Å²) in [6.45, 7) is 4.38. The number of hydrogen-bond donors (Lipinski definition) is 1. The van der Waals surface area contributed by atoms with Gasteiger partial charge in [0.05, 0.1) is 5.69 Å². The molecule has 94 valence electrons. The Hall–Kier alpha value is -1.62. The lowest BCUT2D eigenvalue weighted by atomic mass is 9.87. The largest absolute Gasteiger partial charge is 0.383 e. The van der Waals surface area contributed by atoms with Gasteiger partial charge in [0.1, 0.15) is 5.82 Å². The number of fused-ring (bicyclic) bond motifs is 1. The number of nitrogens with two attached hydrogens (primary N) is 1. The van der Waals surface area contributed by atoms with Crippen molar-refractivity contribution in [3.8, 4) is 5.82 Å². The van der Waals surface area contributed by atoms with Crippen molar-refractivity contribution < 1.29 is 0 Å². The summed E-state index contributed by atoms with van der Waals surface area (Å²) in [7, 11) is 0. The van der Waals surface area contributed by atoms with Crippen molar-refractivity contribution >= 4 is 17.4 Å². The van der Waals surface area contributed by atoms with Crippen LogP contribution in [0.2, 0.25) is 5.15 Å². The number of aryl methyl sites for hydroxylation is 1. The molecule has 0 saturated carbocycles. The van der Waals surface area contributed by atoms with Gasteiger partial charge in [0.15, 0.2) is 11.0 Å². The van der Waals surface area contributed by atoms with Crippen LogP contribution in [0, 0.1) is 0 Å². The van der Waals surface area contributed by atoms with Crippen molar-refractivity contribution in [3.63, 3.8) is 0 Å². The van der Waals surface area contributed by atoms with Gasteiger partial charge in [0.2, 0.25) is 0 Å². The Kier molecular flexibility index (Phi) is 2.35. The highest BCUT2D eigenvalue weighted by Crippen LogP contribution is 2.41. The van der Waals surface area contributed by atoms with Crippen LogP contribution in [0.15, 0.2) is 12.1 Å². The van der Waals surface area contributed by atoms with Crippen LogP contribution in [0.25, 0.3) is 5.82 Å². The molecule has 0 radical (unpaired) electrons. The van der Waals surface area contributed by atoms with E-state index >= 15 is 0 Å². The van der Waals surface area contributed by atoms with Crippen LogP contribution in [0.3, 0.4) is 0 Å². The van der Waals surface area contributed by atoms with Crippen molar-refractivity contribution in [2.45, 2.75) is 32.1 Å². The fraction of sp³-hybridized carbons (Fsp3) is 0.417. The highest BCUT2D eigenvalue weighted by molar-refractivity contribution is 6.29. The summed E-state index contributed by atoms with van der Waals surface area (Å²) in [5.74, 6) is 1.26. The van der Waals surface area contributed by atoms with Gasteiger partial charge in [-0.15, -0.1) is 10.2 Å². The van der Waals surface area contributed by atoms with E-state index in [1.807, 2.05) is 0 Å². The molecule has 0 spiro atoms. The Morgan fingerprint density at radius 1 is 1.33 bits per heavy atom. The van der Waals surface area contributed by atoms with Crippen LogP contribution in [-0.2, 0) is 11.8 Å². The summed E-state index contributed by atoms with van der Waals surface area (Å²) in [5.41, 5.74) is 8.48. The first kappa shape index (κ1) is 11.5. The molecule has 0 atom stereocenters. The summed E-state index contributed by atoms with van der Waals surface area (Å²) in [6, 6.07) is 3.45. The lowest BCUT2D eigenvalue weighted by Gasteiger charge is -2.18. The molecule has 0 aromatic carbocycles. The third-order valence-corrected chi connectivity index (χ3v) is 3.69. The van der Waals surface area contributed by atoms with Crippen LogP contribution in [-0.4, -0.2) is 20.0 Å². The summed E-state index contributed by atoms with van der Waals surface area (Å²) < 4.78 is 1.65. The fourth-order valence-electron chi connectivity index (χ4n) is 2.54. The van der Waals surface area contributed by atoms with E-state index in [1.54, 1.807) is 16.8 Å². The fourth-order valence-corrected chi connectivity index (χ4v) is 2.64. The molecule has 0 saturated heterocycles. The first-order valence-corrected chi connectivity index (χ1v) is 6.24. The van der Waals surface area contributed by atoms with Crippen LogP contribution < -0.4 is 5.73 Å².